The minimum atomic E-state index is 0.0901. The normalized spacial score (nSPS) is 10.5. The summed E-state index contributed by atoms with van der Waals surface area (Å²) in [5, 5.41) is 2.58. The van der Waals surface area contributed by atoms with Crippen molar-refractivity contribution >= 4 is 28.7 Å². The summed E-state index contributed by atoms with van der Waals surface area (Å²) in [6.45, 7) is 0.295. The van der Waals surface area contributed by atoms with Crippen molar-refractivity contribution in [1.29, 1.82) is 0 Å². The van der Waals surface area contributed by atoms with E-state index in [1.54, 1.807) is 10.9 Å². The molecular formula is C16H12ClN2OS+. The molecule has 5 heteroatoms. The van der Waals surface area contributed by atoms with E-state index in [0.717, 1.165) is 16.1 Å². The zero-order chi connectivity index (χ0) is 14.7. The second-order valence-corrected chi connectivity index (χ2v) is 5.91. The third-order valence-electron chi connectivity index (χ3n) is 3.01. The first-order valence-corrected chi connectivity index (χ1v) is 7.66. The van der Waals surface area contributed by atoms with E-state index in [0.29, 0.717) is 11.6 Å². The molecule has 21 heavy (non-hydrogen) atoms. The summed E-state index contributed by atoms with van der Waals surface area (Å²) in [5.74, 6) is 0.0901. The largest absolute Gasteiger partial charge is 0.289 e. The number of benzene rings is 1. The topological polar surface area (TPSA) is 33.8 Å². The van der Waals surface area contributed by atoms with E-state index < -0.39 is 0 Å². The molecule has 0 aliphatic heterocycles. The maximum absolute atomic E-state index is 12.0. The van der Waals surface area contributed by atoms with Crippen LogP contribution in [0, 0.1) is 0 Å². The van der Waals surface area contributed by atoms with Gasteiger partial charge in [0.15, 0.2) is 12.2 Å². The Morgan fingerprint density at radius 1 is 1.24 bits per heavy atom. The maximum Gasteiger partial charge on any atom is 0.287 e. The van der Waals surface area contributed by atoms with Gasteiger partial charge in [-0.05, 0) is 28.6 Å². The van der Waals surface area contributed by atoms with E-state index in [4.69, 9.17) is 11.6 Å². The number of thiophene rings is 1. The van der Waals surface area contributed by atoms with Crippen LogP contribution >= 0.6 is 22.9 Å². The number of rotatable bonds is 4. The molecule has 2 aromatic heterocycles. The molecule has 104 valence electrons. The van der Waals surface area contributed by atoms with Gasteiger partial charge in [-0.3, -0.25) is 4.79 Å². The monoisotopic (exact) mass is 315 g/mol. The molecule has 0 saturated carbocycles. The standard InChI is InChI=1S/C16H12ClN2OS/c17-13-4-1-3-12(9-13)14-6-7-19(11-18-14)10-15(20)16-5-2-8-21-16/h1-9,11H,10H2/q+1. The molecule has 0 N–H and O–H groups in total. The molecule has 0 saturated heterocycles. The molecule has 0 bridgehead atoms. The van der Waals surface area contributed by atoms with Crippen LogP contribution in [0.3, 0.4) is 0 Å². The molecular weight excluding hydrogens is 304 g/mol. The molecule has 0 aliphatic rings. The van der Waals surface area contributed by atoms with Crippen LogP contribution in [0.4, 0.5) is 0 Å². The van der Waals surface area contributed by atoms with Crippen molar-refractivity contribution in [3.05, 3.63) is 70.3 Å². The molecule has 0 fully saturated rings. The number of ketones is 1. The van der Waals surface area contributed by atoms with Crippen molar-refractivity contribution < 1.29 is 9.36 Å². The van der Waals surface area contributed by atoms with Crippen LogP contribution in [0.1, 0.15) is 9.67 Å². The Kier molecular flexibility index (Phi) is 4.08. The van der Waals surface area contributed by atoms with Crippen LogP contribution < -0.4 is 4.57 Å². The van der Waals surface area contributed by atoms with Crippen molar-refractivity contribution in [3.63, 3.8) is 0 Å². The molecule has 1 aromatic carbocycles. The highest BCUT2D eigenvalue weighted by Gasteiger charge is 2.12. The zero-order valence-electron chi connectivity index (χ0n) is 11.1. The van der Waals surface area contributed by atoms with Gasteiger partial charge >= 0.3 is 0 Å². The van der Waals surface area contributed by atoms with Crippen molar-refractivity contribution in [3.8, 4) is 11.3 Å². The number of carbonyl (C=O) groups excluding carboxylic acids is 1. The van der Waals surface area contributed by atoms with Crippen molar-refractivity contribution in [2.75, 3.05) is 0 Å². The molecule has 3 nitrogen and oxygen atoms in total. The summed E-state index contributed by atoms with van der Waals surface area (Å²) in [6, 6.07) is 13.1. The third-order valence-corrected chi connectivity index (χ3v) is 4.16. The number of halogens is 1. The fourth-order valence-electron chi connectivity index (χ4n) is 1.98. The molecule has 0 amide bonds. The number of hydrogen-bond acceptors (Lipinski definition) is 3. The number of Topliss-reactive ketones (excluding diaryl/α,β-unsaturated/α-hetero) is 1. The van der Waals surface area contributed by atoms with Crippen LogP contribution in [0.5, 0.6) is 0 Å². The fraction of sp³-hybridized carbons (Fsp3) is 0.0625. The maximum atomic E-state index is 12.0. The van der Waals surface area contributed by atoms with Gasteiger partial charge in [0, 0.05) is 16.7 Å². The highest BCUT2D eigenvalue weighted by atomic mass is 35.5. The second-order valence-electron chi connectivity index (χ2n) is 4.53. The lowest BCUT2D eigenvalue weighted by atomic mass is 10.1. The molecule has 0 spiro atoms. The second kappa shape index (κ2) is 6.16. The van der Waals surface area contributed by atoms with Gasteiger partial charge in [0.25, 0.3) is 6.33 Å². The van der Waals surface area contributed by atoms with E-state index in [9.17, 15) is 4.79 Å². The minimum absolute atomic E-state index is 0.0901. The lowest BCUT2D eigenvalue weighted by molar-refractivity contribution is -0.686. The lowest BCUT2D eigenvalue weighted by Crippen LogP contribution is -2.37. The Bertz CT molecular complexity index is 754. The van der Waals surface area contributed by atoms with E-state index in [-0.39, 0.29) is 5.78 Å². The third kappa shape index (κ3) is 3.35. The Labute approximate surface area is 131 Å². The SMILES string of the molecule is O=C(C[n+]1ccc(-c2cccc(Cl)c2)nc1)c1cccs1. The number of nitrogens with zero attached hydrogens (tertiary/aromatic N) is 2. The molecule has 0 unspecified atom stereocenters. The Balaban J connectivity index is 1.77. The molecule has 3 aromatic rings. The average Bonchev–Trinajstić information content (AvgIpc) is 3.02. The van der Waals surface area contributed by atoms with E-state index >= 15 is 0 Å². The lowest BCUT2D eigenvalue weighted by Gasteiger charge is -1.99. The summed E-state index contributed by atoms with van der Waals surface area (Å²) in [6.07, 6.45) is 3.52. The van der Waals surface area contributed by atoms with Crippen LogP contribution in [-0.2, 0) is 6.54 Å². The summed E-state index contributed by atoms with van der Waals surface area (Å²) < 4.78 is 1.77. The van der Waals surface area contributed by atoms with Gasteiger partial charge in [-0.25, -0.2) is 4.57 Å². The Morgan fingerprint density at radius 3 is 2.81 bits per heavy atom. The predicted molar refractivity (Wildman–Crippen MR) is 83.5 cm³/mol. The molecule has 0 radical (unpaired) electrons. The van der Waals surface area contributed by atoms with Crippen LogP contribution in [-0.4, -0.2) is 10.8 Å². The van der Waals surface area contributed by atoms with E-state index in [1.807, 2.05) is 54.0 Å². The Morgan fingerprint density at radius 2 is 2.14 bits per heavy atom. The quantitative estimate of drug-likeness (QED) is 0.544. The van der Waals surface area contributed by atoms with Gasteiger partial charge in [-0.15, -0.1) is 11.3 Å². The zero-order valence-corrected chi connectivity index (χ0v) is 12.6. The smallest absolute Gasteiger partial charge is 0.287 e. The highest BCUT2D eigenvalue weighted by Crippen LogP contribution is 2.19. The van der Waals surface area contributed by atoms with Gasteiger partial charge in [0.1, 0.15) is 0 Å². The van der Waals surface area contributed by atoms with Gasteiger partial charge in [0.05, 0.1) is 11.1 Å². The van der Waals surface area contributed by atoms with Crippen molar-refractivity contribution in [1.82, 2.24) is 4.98 Å². The summed E-state index contributed by atoms with van der Waals surface area (Å²) in [7, 11) is 0. The van der Waals surface area contributed by atoms with Crippen LogP contribution in [0.25, 0.3) is 11.3 Å². The summed E-state index contributed by atoms with van der Waals surface area (Å²) >= 11 is 7.43. The first kappa shape index (κ1) is 13.9. The molecule has 2 heterocycles. The number of hydrogen-bond donors (Lipinski definition) is 0. The van der Waals surface area contributed by atoms with E-state index in [1.165, 1.54) is 11.3 Å². The van der Waals surface area contributed by atoms with Gasteiger partial charge in [0.2, 0.25) is 5.78 Å². The summed E-state index contributed by atoms with van der Waals surface area (Å²) in [4.78, 5) is 17.2. The Hall–Kier alpha value is -2.04. The number of carbonyl (C=O) groups is 1. The predicted octanol–water partition coefficient (Wildman–Crippen LogP) is 3.63. The van der Waals surface area contributed by atoms with Crippen molar-refractivity contribution in [2.24, 2.45) is 0 Å². The number of aromatic nitrogens is 2. The average molecular weight is 316 g/mol. The summed E-state index contributed by atoms with van der Waals surface area (Å²) in [5.41, 5.74) is 1.79. The van der Waals surface area contributed by atoms with Crippen LogP contribution in [0.15, 0.2) is 60.4 Å². The van der Waals surface area contributed by atoms with Gasteiger partial charge in [-0.2, -0.15) is 0 Å². The first-order valence-electron chi connectivity index (χ1n) is 6.40. The first-order chi connectivity index (χ1) is 10.2. The minimum Gasteiger partial charge on any atom is -0.289 e. The highest BCUT2D eigenvalue weighted by molar-refractivity contribution is 7.12. The van der Waals surface area contributed by atoms with Gasteiger partial charge in [-0.1, -0.05) is 29.8 Å². The molecule has 3 rings (SSSR count). The van der Waals surface area contributed by atoms with Crippen molar-refractivity contribution in [2.45, 2.75) is 6.54 Å². The fourth-order valence-corrected chi connectivity index (χ4v) is 2.82. The van der Waals surface area contributed by atoms with E-state index in [2.05, 4.69) is 4.98 Å². The van der Waals surface area contributed by atoms with Crippen LogP contribution in [0.2, 0.25) is 5.02 Å². The van der Waals surface area contributed by atoms with Gasteiger partial charge < -0.3 is 0 Å². The molecule has 0 atom stereocenters. The molecule has 0 aliphatic carbocycles.